The first kappa shape index (κ1) is 20.2. The molecule has 0 spiro atoms. The van der Waals surface area contributed by atoms with Gasteiger partial charge >= 0.3 is 0 Å². The first-order valence-electron chi connectivity index (χ1n) is 11.7. The molecule has 2 aromatic carbocycles. The van der Waals surface area contributed by atoms with Gasteiger partial charge < -0.3 is 4.42 Å². The fraction of sp³-hybridized carbons (Fsp3) is 0.267. The van der Waals surface area contributed by atoms with E-state index in [1.165, 1.54) is 55.4 Å². The van der Waals surface area contributed by atoms with Crippen molar-refractivity contribution in [2.75, 3.05) is 0 Å². The number of fused-ring (bicyclic) bond motifs is 7. The minimum Gasteiger partial charge on any atom is -0.454 e. The molecule has 0 bridgehead atoms. The van der Waals surface area contributed by atoms with Gasteiger partial charge in [-0.25, -0.2) is 4.57 Å². The molecule has 0 N–H and O–H groups in total. The molecule has 0 amide bonds. The maximum Gasteiger partial charge on any atom is 0.216 e. The van der Waals surface area contributed by atoms with Crippen LogP contribution in [0.3, 0.4) is 0 Å². The number of aryl methyl sites for hydroxylation is 2. The third kappa shape index (κ3) is 2.68. The van der Waals surface area contributed by atoms with Crippen molar-refractivity contribution in [2.45, 2.75) is 46.0 Å². The highest BCUT2D eigenvalue weighted by atomic mass is 16.3. The maximum atomic E-state index is 6.83. The van der Waals surface area contributed by atoms with E-state index < -0.39 is 0 Å². The summed E-state index contributed by atoms with van der Waals surface area (Å²) >= 11 is 0. The molecule has 3 nitrogen and oxygen atoms in total. The number of benzene rings is 2. The molecule has 164 valence electrons. The minimum absolute atomic E-state index is 0.0944. The number of rotatable bonds is 2. The Morgan fingerprint density at radius 2 is 1.64 bits per heavy atom. The monoisotopic (exact) mass is 433 g/mol. The van der Waals surface area contributed by atoms with Crippen LogP contribution in [0.4, 0.5) is 0 Å². The number of nitrogens with zero attached hydrogens (tertiary/aromatic N) is 2. The van der Waals surface area contributed by atoms with Crippen LogP contribution in [-0.2, 0) is 12.5 Å². The summed E-state index contributed by atoms with van der Waals surface area (Å²) in [4.78, 5) is 4.42. The summed E-state index contributed by atoms with van der Waals surface area (Å²) in [5, 5.41) is 2.34. The lowest BCUT2D eigenvalue weighted by Gasteiger charge is -2.20. The molecule has 5 aromatic rings. The van der Waals surface area contributed by atoms with Crippen LogP contribution in [0.5, 0.6) is 0 Å². The second-order valence-corrected chi connectivity index (χ2v) is 10.3. The lowest BCUT2D eigenvalue weighted by Crippen LogP contribution is -2.31. The Labute approximate surface area is 194 Å². The summed E-state index contributed by atoms with van der Waals surface area (Å²) in [5.74, 6) is 0.468. The Morgan fingerprint density at radius 1 is 0.909 bits per heavy atom. The van der Waals surface area contributed by atoms with Crippen LogP contribution in [-0.4, -0.2) is 4.98 Å². The summed E-state index contributed by atoms with van der Waals surface area (Å²) in [6.07, 6.45) is 6.06. The van der Waals surface area contributed by atoms with Crippen LogP contribution >= 0.6 is 0 Å². The summed E-state index contributed by atoms with van der Waals surface area (Å²) in [6, 6.07) is 15.6. The number of furan rings is 1. The second-order valence-electron chi connectivity index (χ2n) is 10.3. The Kier molecular flexibility index (Phi) is 4.14. The maximum absolute atomic E-state index is 6.83. The highest BCUT2D eigenvalue weighted by molar-refractivity contribution is 6.14. The zero-order valence-corrected chi connectivity index (χ0v) is 20.2. The van der Waals surface area contributed by atoms with Crippen molar-refractivity contribution in [3.05, 3.63) is 83.3 Å². The average Bonchev–Trinajstić information content (AvgIpc) is 3.27. The van der Waals surface area contributed by atoms with Crippen LogP contribution < -0.4 is 4.57 Å². The summed E-state index contributed by atoms with van der Waals surface area (Å²) in [5.41, 5.74) is 11.8. The van der Waals surface area contributed by atoms with E-state index in [1.54, 1.807) is 0 Å². The molecule has 1 aliphatic carbocycles. The van der Waals surface area contributed by atoms with E-state index in [-0.39, 0.29) is 5.41 Å². The van der Waals surface area contributed by atoms with Crippen molar-refractivity contribution in [3.63, 3.8) is 0 Å². The van der Waals surface area contributed by atoms with Crippen molar-refractivity contribution < 1.29 is 8.98 Å². The summed E-state index contributed by atoms with van der Waals surface area (Å²) in [7, 11) is 2.11. The van der Waals surface area contributed by atoms with Crippen LogP contribution in [0.1, 0.15) is 55.9 Å². The van der Waals surface area contributed by atoms with Gasteiger partial charge in [0.05, 0.1) is 5.56 Å². The Bertz CT molecular complexity index is 1590. The molecule has 0 unspecified atom stereocenters. The largest absolute Gasteiger partial charge is 0.454 e. The van der Waals surface area contributed by atoms with E-state index in [2.05, 4.69) is 99.9 Å². The van der Waals surface area contributed by atoms with Crippen molar-refractivity contribution in [1.29, 1.82) is 0 Å². The van der Waals surface area contributed by atoms with Gasteiger partial charge in [-0.05, 0) is 46.7 Å². The topological polar surface area (TPSA) is 29.9 Å². The van der Waals surface area contributed by atoms with Gasteiger partial charge in [-0.1, -0.05) is 52.0 Å². The number of pyridine rings is 2. The third-order valence-corrected chi connectivity index (χ3v) is 7.55. The molecule has 1 aliphatic rings. The van der Waals surface area contributed by atoms with Crippen LogP contribution in [0.15, 0.2) is 65.5 Å². The Hall–Kier alpha value is -3.46. The van der Waals surface area contributed by atoms with Gasteiger partial charge in [-0.2, -0.15) is 0 Å². The standard InChI is InChI=1S/C30H29N2O/c1-17(2)19-12-14-32(6)25(15-19)26-18(3)7-8-20-21-9-10-23-27(29(21)33-28(20)26)22-11-13-31-16-24(22)30(23,4)5/h7-17H,1-6H3/q+1. The molecule has 0 aliphatic heterocycles. The van der Waals surface area contributed by atoms with Gasteiger partial charge in [0.2, 0.25) is 5.69 Å². The van der Waals surface area contributed by atoms with E-state index in [0.29, 0.717) is 5.92 Å². The number of hydrogen-bond acceptors (Lipinski definition) is 2. The van der Waals surface area contributed by atoms with Crippen molar-refractivity contribution >= 4 is 21.9 Å². The molecule has 0 saturated carbocycles. The van der Waals surface area contributed by atoms with Gasteiger partial charge in [0, 0.05) is 46.3 Å². The molecule has 3 aromatic heterocycles. The first-order chi connectivity index (χ1) is 15.8. The van der Waals surface area contributed by atoms with Gasteiger partial charge in [-0.15, -0.1) is 0 Å². The molecule has 3 heteroatoms. The highest BCUT2D eigenvalue weighted by Gasteiger charge is 2.38. The molecule has 0 fully saturated rings. The van der Waals surface area contributed by atoms with Crippen molar-refractivity contribution in [3.8, 4) is 22.4 Å². The third-order valence-electron chi connectivity index (χ3n) is 7.55. The van der Waals surface area contributed by atoms with E-state index in [4.69, 9.17) is 4.42 Å². The molecule has 0 atom stereocenters. The normalized spacial score (nSPS) is 14.3. The predicted octanol–water partition coefficient (Wildman–Crippen LogP) is 7.21. The Morgan fingerprint density at radius 3 is 2.39 bits per heavy atom. The molecule has 0 saturated heterocycles. The Balaban J connectivity index is 1.72. The van der Waals surface area contributed by atoms with Gasteiger partial charge in [0.1, 0.15) is 18.2 Å². The summed E-state index contributed by atoms with van der Waals surface area (Å²) in [6.45, 7) is 11.2. The van der Waals surface area contributed by atoms with Crippen LogP contribution in [0.25, 0.3) is 44.3 Å². The van der Waals surface area contributed by atoms with E-state index in [9.17, 15) is 0 Å². The van der Waals surface area contributed by atoms with Gasteiger partial charge in [0.25, 0.3) is 0 Å². The molecule has 3 heterocycles. The second kappa shape index (κ2) is 6.77. The van der Waals surface area contributed by atoms with E-state index in [0.717, 1.165) is 11.2 Å². The highest BCUT2D eigenvalue weighted by Crippen LogP contribution is 2.52. The molecular formula is C30H29N2O+. The zero-order chi connectivity index (χ0) is 23.1. The molecule has 0 radical (unpaired) electrons. The lowest BCUT2D eigenvalue weighted by molar-refractivity contribution is -0.660. The number of aromatic nitrogens is 2. The van der Waals surface area contributed by atoms with Crippen molar-refractivity contribution in [2.24, 2.45) is 7.05 Å². The van der Waals surface area contributed by atoms with Crippen molar-refractivity contribution in [1.82, 2.24) is 4.98 Å². The van der Waals surface area contributed by atoms with Gasteiger partial charge in [0.15, 0.2) is 6.20 Å². The van der Waals surface area contributed by atoms with Gasteiger partial charge in [-0.3, -0.25) is 4.98 Å². The fourth-order valence-corrected chi connectivity index (χ4v) is 5.56. The smallest absolute Gasteiger partial charge is 0.216 e. The lowest BCUT2D eigenvalue weighted by atomic mass is 9.83. The van der Waals surface area contributed by atoms with E-state index in [1.807, 2.05) is 12.4 Å². The SMILES string of the molecule is Cc1ccc2c(oc3c4c(ccc32)C(C)(C)c2cnccc2-4)c1-c1cc(C(C)C)cc[n+]1C. The van der Waals surface area contributed by atoms with Crippen LogP contribution in [0, 0.1) is 6.92 Å². The summed E-state index contributed by atoms with van der Waals surface area (Å²) < 4.78 is 9.04. The predicted molar refractivity (Wildman–Crippen MR) is 135 cm³/mol. The molecular weight excluding hydrogens is 404 g/mol. The molecule has 33 heavy (non-hydrogen) atoms. The minimum atomic E-state index is -0.0944. The number of hydrogen-bond donors (Lipinski definition) is 0. The quantitative estimate of drug-likeness (QED) is 0.275. The fourth-order valence-electron chi connectivity index (χ4n) is 5.56. The van der Waals surface area contributed by atoms with E-state index >= 15 is 0 Å². The first-order valence-corrected chi connectivity index (χ1v) is 11.7. The zero-order valence-electron chi connectivity index (χ0n) is 20.2. The average molecular weight is 434 g/mol. The van der Waals surface area contributed by atoms with Crippen LogP contribution in [0.2, 0.25) is 0 Å². The molecule has 6 rings (SSSR count).